The molecule has 0 aliphatic carbocycles. The largest absolute Gasteiger partial charge is 0.368 e. The molecule has 3 heterocycles. The SMILES string of the molecule is CN(C)CCNCc1ccc2sc(-c3cc(Nc4ccnc(N)n4)cc4cn[nH]c34)cc2c1. The summed E-state index contributed by atoms with van der Waals surface area (Å²) >= 11 is 1.78. The van der Waals surface area contributed by atoms with Crippen molar-refractivity contribution in [2.75, 3.05) is 38.2 Å². The predicted octanol–water partition coefficient (Wildman–Crippen LogP) is 4.21. The molecule has 3 aromatic heterocycles. The Morgan fingerprint density at radius 2 is 2.00 bits per heavy atom. The van der Waals surface area contributed by atoms with E-state index in [1.807, 2.05) is 12.3 Å². The lowest BCUT2D eigenvalue weighted by Gasteiger charge is -2.10. The van der Waals surface area contributed by atoms with Gasteiger partial charge in [0, 0.05) is 52.0 Å². The van der Waals surface area contributed by atoms with Gasteiger partial charge in [-0.2, -0.15) is 10.1 Å². The second kappa shape index (κ2) is 9.14. The summed E-state index contributed by atoms with van der Waals surface area (Å²) in [6, 6.07) is 14.9. The van der Waals surface area contributed by atoms with Gasteiger partial charge in [0.25, 0.3) is 0 Å². The maximum Gasteiger partial charge on any atom is 0.221 e. The number of thiophene rings is 1. The highest BCUT2D eigenvalue weighted by Gasteiger charge is 2.12. The van der Waals surface area contributed by atoms with Crippen molar-refractivity contribution in [3.05, 3.63) is 60.4 Å². The highest BCUT2D eigenvalue weighted by atomic mass is 32.1. The third-order valence-corrected chi connectivity index (χ3v) is 6.56. The highest BCUT2D eigenvalue weighted by molar-refractivity contribution is 7.22. The van der Waals surface area contributed by atoms with Crippen LogP contribution in [0.5, 0.6) is 0 Å². The van der Waals surface area contributed by atoms with E-state index >= 15 is 0 Å². The van der Waals surface area contributed by atoms with E-state index in [1.54, 1.807) is 23.6 Å². The van der Waals surface area contributed by atoms with Gasteiger partial charge in [0.2, 0.25) is 5.95 Å². The molecule has 8 nitrogen and oxygen atoms in total. The fraction of sp³-hybridized carbons (Fsp3) is 0.208. The Labute approximate surface area is 195 Å². The van der Waals surface area contributed by atoms with Crippen molar-refractivity contribution in [1.82, 2.24) is 30.4 Å². The van der Waals surface area contributed by atoms with Gasteiger partial charge >= 0.3 is 0 Å². The van der Waals surface area contributed by atoms with E-state index in [9.17, 15) is 0 Å². The normalized spacial score (nSPS) is 11.6. The summed E-state index contributed by atoms with van der Waals surface area (Å²) in [5, 5.41) is 16.5. The van der Waals surface area contributed by atoms with Crippen LogP contribution in [0.1, 0.15) is 5.56 Å². The van der Waals surface area contributed by atoms with Crippen LogP contribution in [0.2, 0.25) is 0 Å². The van der Waals surface area contributed by atoms with Crippen molar-refractivity contribution in [3.8, 4) is 10.4 Å². The first-order chi connectivity index (χ1) is 16.0. The van der Waals surface area contributed by atoms with Crippen molar-refractivity contribution in [3.63, 3.8) is 0 Å². The topological polar surface area (TPSA) is 108 Å². The minimum absolute atomic E-state index is 0.237. The Kier molecular flexibility index (Phi) is 5.91. The Morgan fingerprint density at radius 1 is 1.09 bits per heavy atom. The van der Waals surface area contributed by atoms with E-state index in [2.05, 4.69) is 80.1 Å². The first-order valence-electron chi connectivity index (χ1n) is 10.8. The lowest BCUT2D eigenvalue weighted by molar-refractivity contribution is 0.400. The van der Waals surface area contributed by atoms with E-state index in [1.165, 1.54) is 20.5 Å². The fourth-order valence-electron chi connectivity index (χ4n) is 3.79. The molecular formula is C24H26N8S. The number of nitrogens with one attached hydrogen (secondary N) is 3. The van der Waals surface area contributed by atoms with Crippen molar-refractivity contribution < 1.29 is 0 Å². The summed E-state index contributed by atoms with van der Waals surface area (Å²) in [7, 11) is 4.18. The predicted molar refractivity (Wildman–Crippen MR) is 137 cm³/mol. The van der Waals surface area contributed by atoms with Gasteiger partial charge in [0.15, 0.2) is 0 Å². The lowest BCUT2D eigenvalue weighted by atomic mass is 10.1. The molecule has 0 radical (unpaired) electrons. The first-order valence-corrected chi connectivity index (χ1v) is 11.6. The fourth-order valence-corrected chi connectivity index (χ4v) is 4.85. The molecule has 33 heavy (non-hydrogen) atoms. The number of nitrogens with zero attached hydrogens (tertiary/aromatic N) is 4. The Balaban J connectivity index is 1.45. The minimum atomic E-state index is 0.237. The Hall–Kier alpha value is -3.53. The van der Waals surface area contributed by atoms with E-state index in [0.717, 1.165) is 41.8 Å². The monoisotopic (exact) mass is 458 g/mol. The number of nitrogen functional groups attached to an aromatic ring is 1. The van der Waals surface area contributed by atoms with Gasteiger partial charge in [-0.1, -0.05) is 6.07 Å². The van der Waals surface area contributed by atoms with Crippen LogP contribution in [0.15, 0.2) is 54.9 Å². The zero-order valence-electron chi connectivity index (χ0n) is 18.6. The number of anilines is 3. The first kappa shape index (κ1) is 21.3. The number of benzene rings is 2. The molecule has 168 valence electrons. The zero-order chi connectivity index (χ0) is 22.8. The molecule has 0 unspecified atom stereocenters. The average molecular weight is 459 g/mol. The van der Waals surface area contributed by atoms with Gasteiger partial charge in [-0.05, 0) is 61.4 Å². The number of hydrogen-bond acceptors (Lipinski definition) is 8. The second-order valence-corrected chi connectivity index (χ2v) is 9.33. The number of aromatic nitrogens is 4. The summed E-state index contributed by atoms with van der Waals surface area (Å²) in [6.45, 7) is 2.85. The van der Waals surface area contributed by atoms with Gasteiger partial charge in [-0.3, -0.25) is 5.10 Å². The molecule has 5 N–H and O–H groups in total. The Bertz CT molecular complexity index is 1400. The summed E-state index contributed by atoms with van der Waals surface area (Å²) < 4.78 is 1.26. The van der Waals surface area contributed by atoms with Gasteiger partial charge in [-0.15, -0.1) is 11.3 Å². The van der Waals surface area contributed by atoms with Gasteiger partial charge in [0.1, 0.15) is 5.82 Å². The molecule has 0 fully saturated rings. The highest BCUT2D eigenvalue weighted by Crippen LogP contribution is 2.39. The smallest absolute Gasteiger partial charge is 0.221 e. The summed E-state index contributed by atoms with van der Waals surface area (Å²) in [5.74, 6) is 0.889. The van der Waals surface area contributed by atoms with Gasteiger partial charge < -0.3 is 21.3 Å². The number of aromatic amines is 1. The molecular weight excluding hydrogens is 432 g/mol. The molecule has 9 heteroatoms. The maximum absolute atomic E-state index is 5.73. The number of hydrogen-bond donors (Lipinski definition) is 4. The van der Waals surface area contributed by atoms with Crippen molar-refractivity contribution in [2.45, 2.75) is 6.54 Å². The van der Waals surface area contributed by atoms with E-state index in [4.69, 9.17) is 5.73 Å². The van der Waals surface area contributed by atoms with E-state index in [0.29, 0.717) is 5.82 Å². The van der Waals surface area contributed by atoms with Crippen LogP contribution in [0.4, 0.5) is 17.5 Å². The summed E-state index contributed by atoms with van der Waals surface area (Å²) in [5.41, 5.74) is 10.0. The van der Waals surface area contributed by atoms with Crippen LogP contribution < -0.4 is 16.4 Å². The summed E-state index contributed by atoms with van der Waals surface area (Å²) in [6.07, 6.45) is 3.48. The molecule has 5 aromatic rings. The van der Waals surface area contributed by atoms with Crippen LogP contribution in [-0.4, -0.2) is 52.3 Å². The molecule has 0 amide bonds. The molecule has 0 atom stereocenters. The van der Waals surface area contributed by atoms with Crippen LogP contribution >= 0.6 is 11.3 Å². The van der Waals surface area contributed by atoms with E-state index in [-0.39, 0.29) is 5.95 Å². The molecule has 0 saturated heterocycles. The quantitative estimate of drug-likeness (QED) is 0.258. The van der Waals surface area contributed by atoms with Crippen LogP contribution in [0.3, 0.4) is 0 Å². The molecule has 0 spiro atoms. The standard InChI is InChI=1S/C24H26N8S/c1-32(2)8-7-26-13-15-3-4-20-16(9-15)11-21(33-20)19-12-18(10-17-14-28-31-23(17)19)29-22-5-6-27-24(25)30-22/h3-6,9-12,14,26H,7-8,13H2,1-2H3,(H,28,31)(H3,25,27,29,30). The molecule has 0 aliphatic heterocycles. The summed E-state index contributed by atoms with van der Waals surface area (Å²) in [4.78, 5) is 11.6. The van der Waals surface area contributed by atoms with Crippen LogP contribution in [0.25, 0.3) is 31.4 Å². The number of nitrogens with two attached hydrogens (primary N) is 1. The van der Waals surface area contributed by atoms with Gasteiger partial charge in [-0.25, -0.2) is 4.98 Å². The number of fused-ring (bicyclic) bond motifs is 2. The number of likely N-dealkylation sites (N-methyl/N-ethyl adjacent to an activating group) is 1. The lowest BCUT2D eigenvalue weighted by Crippen LogP contribution is -2.26. The van der Waals surface area contributed by atoms with Crippen LogP contribution in [0, 0.1) is 0 Å². The molecule has 0 bridgehead atoms. The van der Waals surface area contributed by atoms with Crippen LogP contribution in [-0.2, 0) is 6.54 Å². The molecule has 0 aliphatic rings. The van der Waals surface area contributed by atoms with E-state index < -0.39 is 0 Å². The molecule has 5 rings (SSSR count). The molecule has 0 saturated carbocycles. The second-order valence-electron chi connectivity index (χ2n) is 8.25. The Morgan fingerprint density at radius 3 is 2.85 bits per heavy atom. The van der Waals surface area contributed by atoms with Crippen molar-refractivity contribution in [1.29, 1.82) is 0 Å². The number of rotatable bonds is 8. The van der Waals surface area contributed by atoms with Gasteiger partial charge in [0.05, 0.1) is 11.7 Å². The third kappa shape index (κ3) is 4.80. The van der Waals surface area contributed by atoms with Crippen molar-refractivity contribution in [2.24, 2.45) is 0 Å². The average Bonchev–Trinajstić information content (AvgIpc) is 3.42. The van der Waals surface area contributed by atoms with Crippen molar-refractivity contribution >= 4 is 49.8 Å². The molecule has 2 aromatic carbocycles. The number of H-pyrrole nitrogens is 1. The minimum Gasteiger partial charge on any atom is -0.368 e. The maximum atomic E-state index is 5.73. The third-order valence-electron chi connectivity index (χ3n) is 5.41. The zero-order valence-corrected chi connectivity index (χ0v) is 19.4.